The zero-order valence-electron chi connectivity index (χ0n) is 14.6. The van der Waals surface area contributed by atoms with Crippen molar-refractivity contribution in [2.75, 3.05) is 12.4 Å². The van der Waals surface area contributed by atoms with Crippen molar-refractivity contribution >= 4 is 16.9 Å². The Kier molecular flexibility index (Phi) is 6.65. The Hall–Kier alpha value is -0.128. The quantitative estimate of drug-likeness (QED) is 0.549. The van der Waals surface area contributed by atoms with Gasteiger partial charge in [0.05, 0.1) is 11.5 Å². The van der Waals surface area contributed by atoms with E-state index in [4.69, 9.17) is 9.47 Å². The minimum atomic E-state index is -0.219. The molecule has 4 heterocycles. The molecule has 25 heavy (non-hydrogen) atoms. The van der Waals surface area contributed by atoms with Crippen molar-refractivity contribution in [3.8, 4) is 0 Å². The van der Waals surface area contributed by atoms with Gasteiger partial charge in [-0.3, -0.25) is 0 Å². The van der Waals surface area contributed by atoms with E-state index in [0.717, 1.165) is 23.3 Å². The van der Waals surface area contributed by atoms with E-state index in [9.17, 15) is 0 Å². The van der Waals surface area contributed by atoms with E-state index in [1.54, 1.807) is 13.4 Å². The molecule has 0 aliphatic carbocycles. The van der Waals surface area contributed by atoms with E-state index in [2.05, 4.69) is 52.9 Å². The van der Waals surface area contributed by atoms with Gasteiger partial charge in [0, 0.05) is 72.5 Å². The molecule has 1 N–H and O–H groups in total. The molecule has 2 aliphatic heterocycles. The predicted octanol–water partition coefficient (Wildman–Crippen LogP) is 2.68. The molecule has 0 unspecified atom stereocenters. The van der Waals surface area contributed by atoms with Gasteiger partial charge in [-0.05, 0) is 24.3 Å². The first-order valence-electron chi connectivity index (χ1n) is 7.81. The summed E-state index contributed by atoms with van der Waals surface area (Å²) in [7, 11) is 1.71. The first kappa shape index (κ1) is 21.2. The number of hydrogen-bond acceptors (Lipinski definition) is 5. The van der Waals surface area contributed by atoms with Gasteiger partial charge in [0.25, 0.3) is 0 Å². The smallest absolute Gasteiger partial charge is 0.147 e. The van der Waals surface area contributed by atoms with Gasteiger partial charge >= 0.3 is 0 Å². The number of anilines is 1. The number of ether oxygens (including phenoxy) is 2. The Bertz CT molecular complexity index is 792. The van der Waals surface area contributed by atoms with Crippen molar-refractivity contribution in [2.45, 2.75) is 38.7 Å². The van der Waals surface area contributed by atoms with E-state index >= 15 is 0 Å². The Balaban J connectivity index is 0.00000113. The maximum absolute atomic E-state index is 6.15. The van der Waals surface area contributed by atoms with Crippen LogP contribution in [0.5, 0.6) is 0 Å². The maximum atomic E-state index is 6.15. The van der Waals surface area contributed by atoms with Crippen molar-refractivity contribution in [3.05, 3.63) is 37.3 Å². The summed E-state index contributed by atoms with van der Waals surface area (Å²) in [6, 6.07) is 0. The van der Waals surface area contributed by atoms with E-state index in [-0.39, 0.29) is 77.6 Å². The monoisotopic (exact) mass is 586 g/mol. The van der Waals surface area contributed by atoms with Crippen LogP contribution in [-0.2, 0) is 69.7 Å². The molecule has 1 fully saturated rings. The molecule has 0 bridgehead atoms. The Morgan fingerprint density at radius 2 is 2.16 bits per heavy atom. The summed E-state index contributed by atoms with van der Waals surface area (Å²) in [6.45, 7) is 8.39. The standard InChI is InChI=1S/C17H21N4O2.W.Y/c1-10-13(22-4)17(2,3)16(23-10)21-8-11-6-5-7-18-14-12(11)15(21)20-9-19-14;;/h5,7-10,13,16H,1,6H2,2-4H3,(H,18,19,20);;/q-1;;/t10-,13-,16-;;/m1../s1. The molecule has 131 valence electrons. The summed E-state index contributed by atoms with van der Waals surface area (Å²) in [4.78, 5) is 8.87. The molecule has 2 aromatic heterocycles. The molecule has 0 amide bonds. The molecule has 1 radical (unpaired) electrons. The average Bonchev–Trinajstić information content (AvgIpc) is 2.88. The van der Waals surface area contributed by atoms with Crippen LogP contribution < -0.4 is 5.32 Å². The predicted molar refractivity (Wildman–Crippen MR) is 87.8 cm³/mol. The van der Waals surface area contributed by atoms with Gasteiger partial charge in [-0.25, -0.2) is 9.97 Å². The SMILES string of the molecule is [CH2-][C@H]1O[C@@H](n2cc3c4c(ncnc42)NC=CC3)C(C)(C)[C@@H]1OC.[W].[Y]. The van der Waals surface area contributed by atoms with Gasteiger partial charge in [-0.15, -0.1) is 0 Å². The topological polar surface area (TPSA) is 61.2 Å². The van der Waals surface area contributed by atoms with Crippen LogP contribution in [-0.4, -0.2) is 33.9 Å². The molecule has 4 rings (SSSR count). The summed E-state index contributed by atoms with van der Waals surface area (Å²) >= 11 is 0. The van der Waals surface area contributed by atoms with Gasteiger partial charge in [0.1, 0.15) is 24.0 Å². The van der Waals surface area contributed by atoms with Crippen molar-refractivity contribution in [2.24, 2.45) is 5.41 Å². The van der Waals surface area contributed by atoms with Crippen LogP contribution in [0.3, 0.4) is 0 Å². The fourth-order valence-electron chi connectivity index (χ4n) is 3.84. The number of allylic oxidation sites excluding steroid dienone is 1. The third-order valence-electron chi connectivity index (χ3n) is 4.88. The van der Waals surface area contributed by atoms with Gasteiger partial charge in [0.2, 0.25) is 0 Å². The number of rotatable bonds is 2. The molecule has 0 spiro atoms. The average molecular weight is 586 g/mol. The van der Waals surface area contributed by atoms with Crippen LogP contribution in [0.2, 0.25) is 0 Å². The first-order chi connectivity index (χ1) is 11.0. The van der Waals surface area contributed by atoms with Crippen LogP contribution in [0.4, 0.5) is 5.82 Å². The van der Waals surface area contributed by atoms with Crippen LogP contribution in [0.15, 0.2) is 24.8 Å². The number of nitrogens with zero attached hydrogens (tertiary/aromatic N) is 3. The molecular weight excluding hydrogens is 565 g/mol. The molecule has 0 saturated carbocycles. The maximum Gasteiger partial charge on any atom is 0.147 e. The Labute approximate surface area is 187 Å². The Morgan fingerprint density at radius 3 is 2.84 bits per heavy atom. The van der Waals surface area contributed by atoms with Crippen molar-refractivity contribution < 1.29 is 63.2 Å². The van der Waals surface area contributed by atoms with E-state index in [0.29, 0.717) is 0 Å². The second-order valence-electron chi connectivity index (χ2n) is 6.74. The van der Waals surface area contributed by atoms with Gasteiger partial charge in [-0.1, -0.05) is 19.9 Å². The fourth-order valence-corrected chi connectivity index (χ4v) is 3.84. The summed E-state index contributed by atoms with van der Waals surface area (Å²) in [6.07, 6.45) is 8.09. The second kappa shape index (κ2) is 7.86. The Morgan fingerprint density at radius 1 is 1.40 bits per heavy atom. The molecule has 3 atom stereocenters. The minimum Gasteiger partial charge on any atom is -0.383 e. The van der Waals surface area contributed by atoms with Crippen LogP contribution in [0.1, 0.15) is 25.6 Å². The molecular formula is C17H21N4O2WY-. The van der Waals surface area contributed by atoms with Crippen molar-refractivity contribution in [1.29, 1.82) is 0 Å². The first-order valence-corrected chi connectivity index (χ1v) is 7.81. The summed E-state index contributed by atoms with van der Waals surface area (Å²) in [5.74, 6) is 0.836. The van der Waals surface area contributed by atoms with Crippen LogP contribution in [0.25, 0.3) is 11.0 Å². The number of methoxy groups -OCH3 is 1. The number of hydrogen-bond donors (Lipinski definition) is 1. The van der Waals surface area contributed by atoms with E-state index in [1.165, 1.54) is 5.56 Å². The zero-order valence-corrected chi connectivity index (χ0v) is 20.4. The van der Waals surface area contributed by atoms with Gasteiger partial charge in [-0.2, -0.15) is 0 Å². The number of aromatic nitrogens is 3. The third-order valence-corrected chi connectivity index (χ3v) is 4.88. The molecule has 1 saturated heterocycles. The van der Waals surface area contributed by atoms with E-state index in [1.807, 2.05) is 6.20 Å². The van der Waals surface area contributed by atoms with Gasteiger partial charge in [0.15, 0.2) is 0 Å². The molecule has 2 aromatic rings. The second-order valence-corrected chi connectivity index (χ2v) is 6.74. The van der Waals surface area contributed by atoms with Crippen LogP contribution in [0, 0.1) is 12.3 Å². The third kappa shape index (κ3) is 3.30. The zero-order chi connectivity index (χ0) is 16.2. The minimum absolute atomic E-state index is 0. The van der Waals surface area contributed by atoms with E-state index < -0.39 is 0 Å². The largest absolute Gasteiger partial charge is 0.383 e. The summed E-state index contributed by atoms with van der Waals surface area (Å²) in [5.41, 5.74) is 1.85. The normalized spacial score (nSPS) is 26.5. The molecule has 6 nitrogen and oxygen atoms in total. The van der Waals surface area contributed by atoms with Crippen molar-refractivity contribution in [1.82, 2.24) is 14.5 Å². The summed E-state index contributed by atoms with van der Waals surface area (Å²) < 4.78 is 13.9. The van der Waals surface area contributed by atoms with Crippen molar-refractivity contribution in [3.63, 3.8) is 0 Å². The molecule has 0 aromatic carbocycles. The molecule has 8 heteroatoms. The molecule has 2 aliphatic rings. The summed E-state index contributed by atoms with van der Waals surface area (Å²) in [5, 5.41) is 4.27. The number of nitrogens with one attached hydrogen (secondary N) is 1. The van der Waals surface area contributed by atoms with Gasteiger partial charge < -0.3 is 26.3 Å². The van der Waals surface area contributed by atoms with Crippen LogP contribution >= 0.6 is 0 Å². The fraction of sp³-hybridized carbons (Fsp3) is 0.471.